The van der Waals surface area contributed by atoms with E-state index in [1.807, 2.05) is 6.20 Å². The van der Waals surface area contributed by atoms with Crippen LogP contribution < -0.4 is 0 Å². The van der Waals surface area contributed by atoms with E-state index < -0.39 is 5.97 Å². The minimum absolute atomic E-state index is 0.0846. The van der Waals surface area contributed by atoms with Gasteiger partial charge in [0.05, 0.1) is 5.75 Å². The molecule has 0 bridgehead atoms. The summed E-state index contributed by atoms with van der Waals surface area (Å²) in [5.41, 5.74) is 1.23. The fraction of sp³-hybridized carbons (Fsp3) is 0.692. The molecule has 1 aromatic rings. The van der Waals surface area contributed by atoms with Crippen molar-refractivity contribution in [1.29, 1.82) is 0 Å². The molecule has 2 rings (SSSR count). The van der Waals surface area contributed by atoms with Crippen molar-refractivity contribution in [3.63, 3.8) is 0 Å². The van der Waals surface area contributed by atoms with Gasteiger partial charge in [-0.3, -0.25) is 4.79 Å². The zero-order chi connectivity index (χ0) is 13.1. The van der Waals surface area contributed by atoms with Crippen LogP contribution in [0.5, 0.6) is 0 Å². The highest BCUT2D eigenvalue weighted by Crippen LogP contribution is 2.36. The maximum Gasteiger partial charge on any atom is 0.313 e. The molecular formula is C13H20N2O2S. The lowest BCUT2D eigenvalue weighted by atomic mass is 10.1. The number of aliphatic carboxylic acids is 1. The van der Waals surface area contributed by atoms with Gasteiger partial charge in [-0.05, 0) is 18.8 Å². The molecule has 100 valence electrons. The molecule has 1 aliphatic carbocycles. The van der Waals surface area contributed by atoms with Crippen LogP contribution in [0.2, 0.25) is 0 Å². The number of rotatable bonds is 5. The summed E-state index contributed by atoms with van der Waals surface area (Å²) in [7, 11) is 0. The van der Waals surface area contributed by atoms with Gasteiger partial charge in [0.15, 0.2) is 5.16 Å². The Kier molecular flexibility index (Phi) is 4.32. The van der Waals surface area contributed by atoms with E-state index in [-0.39, 0.29) is 5.75 Å². The third-order valence-corrected chi connectivity index (χ3v) is 4.35. The summed E-state index contributed by atoms with van der Waals surface area (Å²) >= 11 is 1.33. The highest BCUT2D eigenvalue weighted by Gasteiger charge is 2.24. The number of imidazole rings is 1. The Morgan fingerprint density at radius 2 is 2.22 bits per heavy atom. The number of hydrogen-bond acceptors (Lipinski definition) is 3. The molecule has 18 heavy (non-hydrogen) atoms. The molecule has 0 spiro atoms. The topological polar surface area (TPSA) is 55.1 Å². The monoisotopic (exact) mass is 268 g/mol. The number of hydrogen-bond donors (Lipinski definition) is 1. The molecule has 0 saturated heterocycles. The highest BCUT2D eigenvalue weighted by molar-refractivity contribution is 7.99. The number of nitrogens with zero attached hydrogens (tertiary/aromatic N) is 2. The van der Waals surface area contributed by atoms with Crippen LogP contribution in [0.1, 0.15) is 57.2 Å². The van der Waals surface area contributed by atoms with Crippen LogP contribution in [0.15, 0.2) is 11.4 Å². The first-order valence-electron chi connectivity index (χ1n) is 6.51. The largest absolute Gasteiger partial charge is 0.481 e. The number of carbonyl (C=O) groups is 1. The number of aromatic nitrogens is 2. The fourth-order valence-electron chi connectivity index (χ4n) is 2.55. The SMILES string of the molecule is CC(C)c1cnc(SCC(=O)O)n1C1CCCC1. The first-order valence-corrected chi connectivity index (χ1v) is 7.50. The predicted molar refractivity (Wildman–Crippen MR) is 72.2 cm³/mol. The van der Waals surface area contributed by atoms with Crippen LogP contribution in [0.4, 0.5) is 0 Å². The van der Waals surface area contributed by atoms with Crippen LogP contribution in [0.3, 0.4) is 0 Å². The van der Waals surface area contributed by atoms with E-state index in [1.165, 1.54) is 43.1 Å². The first kappa shape index (κ1) is 13.5. The standard InChI is InChI=1S/C13H20N2O2S/c1-9(2)11-7-14-13(18-8-12(16)17)15(11)10-5-3-4-6-10/h7,9-10H,3-6,8H2,1-2H3,(H,16,17). The molecular weight excluding hydrogens is 248 g/mol. The van der Waals surface area contributed by atoms with Crippen LogP contribution >= 0.6 is 11.8 Å². The normalized spacial score (nSPS) is 16.6. The maximum atomic E-state index is 10.7. The Morgan fingerprint density at radius 1 is 1.56 bits per heavy atom. The lowest BCUT2D eigenvalue weighted by Gasteiger charge is -2.19. The number of carboxylic acid groups (broad SMARTS) is 1. The summed E-state index contributed by atoms with van der Waals surface area (Å²) in [6, 6.07) is 0.515. The van der Waals surface area contributed by atoms with E-state index in [0.717, 1.165) is 5.16 Å². The van der Waals surface area contributed by atoms with E-state index in [2.05, 4.69) is 23.4 Å². The molecule has 0 aliphatic heterocycles. The van der Waals surface area contributed by atoms with Crippen molar-refractivity contribution in [2.24, 2.45) is 0 Å². The molecule has 0 unspecified atom stereocenters. The van der Waals surface area contributed by atoms with Crippen molar-refractivity contribution in [2.75, 3.05) is 5.75 Å². The van der Waals surface area contributed by atoms with Crippen LogP contribution in [-0.2, 0) is 4.79 Å². The van der Waals surface area contributed by atoms with Gasteiger partial charge in [-0.15, -0.1) is 0 Å². The second kappa shape index (κ2) is 5.78. The Bertz CT molecular complexity index is 423. The molecule has 1 aliphatic rings. The first-order chi connectivity index (χ1) is 8.59. The van der Waals surface area contributed by atoms with Gasteiger partial charge >= 0.3 is 5.97 Å². The van der Waals surface area contributed by atoms with Crippen molar-refractivity contribution in [1.82, 2.24) is 9.55 Å². The van der Waals surface area contributed by atoms with E-state index in [1.54, 1.807) is 0 Å². The van der Waals surface area contributed by atoms with Gasteiger partial charge in [-0.2, -0.15) is 0 Å². The van der Waals surface area contributed by atoms with Crippen molar-refractivity contribution in [3.8, 4) is 0 Å². The summed E-state index contributed by atoms with van der Waals surface area (Å²) in [5, 5.41) is 9.66. The number of carboxylic acids is 1. The average molecular weight is 268 g/mol. The number of thioether (sulfide) groups is 1. The minimum Gasteiger partial charge on any atom is -0.481 e. The smallest absolute Gasteiger partial charge is 0.313 e. The molecule has 1 heterocycles. The molecule has 0 aromatic carbocycles. The van der Waals surface area contributed by atoms with Crippen LogP contribution in [0.25, 0.3) is 0 Å². The zero-order valence-corrected chi connectivity index (χ0v) is 11.7. The summed E-state index contributed by atoms with van der Waals surface area (Å²) in [5.74, 6) is -0.272. The second-order valence-corrected chi connectivity index (χ2v) is 6.05. The Balaban J connectivity index is 2.25. The highest BCUT2D eigenvalue weighted by atomic mass is 32.2. The maximum absolute atomic E-state index is 10.7. The van der Waals surface area contributed by atoms with Gasteiger partial charge in [0.1, 0.15) is 0 Å². The van der Waals surface area contributed by atoms with Crippen molar-refractivity contribution < 1.29 is 9.90 Å². The molecule has 1 saturated carbocycles. The van der Waals surface area contributed by atoms with Crippen molar-refractivity contribution >= 4 is 17.7 Å². The molecule has 0 atom stereocenters. The van der Waals surface area contributed by atoms with Gasteiger partial charge in [-0.1, -0.05) is 38.5 Å². The Morgan fingerprint density at radius 3 is 2.78 bits per heavy atom. The van der Waals surface area contributed by atoms with Gasteiger partial charge in [0.25, 0.3) is 0 Å². The average Bonchev–Trinajstić information content (AvgIpc) is 2.94. The Labute approximate surface area is 112 Å². The minimum atomic E-state index is -0.785. The van der Waals surface area contributed by atoms with Crippen LogP contribution in [0, 0.1) is 0 Å². The van der Waals surface area contributed by atoms with Gasteiger partial charge < -0.3 is 9.67 Å². The van der Waals surface area contributed by atoms with Gasteiger partial charge in [-0.25, -0.2) is 4.98 Å². The lowest BCUT2D eigenvalue weighted by Crippen LogP contribution is -2.12. The Hall–Kier alpha value is -0.970. The van der Waals surface area contributed by atoms with E-state index in [4.69, 9.17) is 5.11 Å². The summed E-state index contributed by atoms with van der Waals surface area (Å²) in [4.78, 5) is 15.1. The molecule has 1 aromatic heterocycles. The van der Waals surface area contributed by atoms with Gasteiger partial charge in [0.2, 0.25) is 0 Å². The molecule has 0 amide bonds. The molecule has 0 radical (unpaired) electrons. The summed E-state index contributed by atoms with van der Waals surface area (Å²) < 4.78 is 2.28. The van der Waals surface area contributed by atoms with Crippen molar-refractivity contribution in [3.05, 3.63) is 11.9 Å². The molecule has 5 heteroatoms. The summed E-state index contributed by atoms with van der Waals surface area (Å²) in [6.07, 6.45) is 6.83. The molecule has 1 N–H and O–H groups in total. The second-order valence-electron chi connectivity index (χ2n) is 5.11. The van der Waals surface area contributed by atoms with E-state index in [0.29, 0.717) is 12.0 Å². The van der Waals surface area contributed by atoms with E-state index >= 15 is 0 Å². The molecule has 1 fully saturated rings. The quantitative estimate of drug-likeness (QED) is 0.832. The zero-order valence-electron chi connectivity index (χ0n) is 10.9. The third kappa shape index (κ3) is 2.88. The van der Waals surface area contributed by atoms with Crippen molar-refractivity contribution in [2.45, 2.75) is 56.6 Å². The fourth-order valence-corrected chi connectivity index (χ4v) is 3.32. The molecule has 4 nitrogen and oxygen atoms in total. The summed E-state index contributed by atoms with van der Waals surface area (Å²) in [6.45, 7) is 4.32. The predicted octanol–water partition coefficient (Wildman–Crippen LogP) is 3.30. The lowest BCUT2D eigenvalue weighted by molar-refractivity contribution is -0.133. The third-order valence-electron chi connectivity index (χ3n) is 3.40. The van der Waals surface area contributed by atoms with Gasteiger partial charge in [0, 0.05) is 17.9 Å². The van der Waals surface area contributed by atoms with Crippen LogP contribution in [-0.4, -0.2) is 26.4 Å². The van der Waals surface area contributed by atoms with E-state index in [9.17, 15) is 4.79 Å².